The minimum absolute atomic E-state index is 0.132. The number of methoxy groups -OCH3 is 2. The Bertz CT molecular complexity index is 2410. The lowest BCUT2D eigenvalue weighted by Gasteiger charge is -2.25. The number of benzene rings is 4. The van der Waals surface area contributed by atoms with Crippen molar-refractivity contribution in [3.05, 3.63) is 124 Å². The maximum atomic E-state index is 14.5. The topological polar surface area (TPSA) is 124 Å². The zero-order chi connectivity index (χ0) is 37.6. The Kier molecular flexibility index (Phi) is 11.8. The van der Waals surface area contributed by atoms with Crippen molar-refractivity contribution in [1.29, 1.82) is 0 Å². The predicted molar refractivity (Wildman–Crippen MR) is 210 cm³/mol. The van der Waals surface area contributed by atoms with Crippen LogP contribution < -0.4 is 33.8 Å². The van der Waals surface area contributed by atoms with Crippen molar-refractivity contribution < 1.29 is 38.0 Å². The molecule has 0 amide bonds. The summed E-state index contributed by atoms with van der Waals surface area (Å²) in [5.74, 6) is 0.481. The summed E-state index contributed by atoms with van der Waals surface area (Å²) in [5, 5.41) is 2.19. The van der Waals surface area contributed by atoms with Crippen LogP contribution in [0, 0.1) is 3.57 Å². The second kappa shape index (κ2) is 16.7. The summed E-state index contributed by atoms with van der Waals surface area (Å²) >= 11 is 3.40. The molecule has 0 unspecified atom stereocenters. The molecule has 0 bridgehead atoms. The van der Waals surface area contributed by atoms with Crippen LogP contribution in [-0.2, 0) is 25.7 Å². The number of carbonyl (C=O) groups is 2. The van der Waals surface area contributed by atoms with Crippen LogP contribution in [0.1, 0.15) is 43.5 Å². The van der Waals surface area contributed by atoms with Gasteiger partial charge in [0, 0.05) is 9.13 Å². The zero-order valence-electron chi connectivity index (χ0n) is 29.8. The van der Waals surface area contributed by atoms with Crippen LogP contribution in [0.25, 0.3) is 16.8 Å². The van der Waals surface area contributed by atoms with E-state index >= 15 is 0 Å². The molecule has 1 atom stereocenters. The van der Waals surface area contributed by atoms with Crippen LogP contribution in [-0.4, -0.2) is 50.5 Å². The molecule has 1 aromatic heterocycles. The molecule has 0 saturated heterocycles. The number of thiazole rings is 1. The quantitative estimate of drug-likeness (QED) is 0.102. The van der Waals surface area contributed by atoms with Gasteiger partial charge in [0.2, 0.25) is 0 Å². The molecule has 6 rings (SSSR count). The highest BCUT2D eigenvalue weighted by molar-refractivity contribution is 14.1. The molecule has 0 N–H and O–H groups in total. The van der Waals surface area contributed by atoms with Gasteiger partial charge >= 0.3 is 11.9 Å². The third kappa shape index (κ3) is 7.95. The molecule has 274 valence electrons. The van der Waals surface area contributed by atoms with Crippen LogP contribution in [0.2, 0.25) is 0 Å². The van der Waals surface area contributed by atoms with E-state index in [1.165, 1.54) is 23.0 Å². The fourth-order valence-electron chi connectivity index (χ4n) is 6.10. The van der Waals surface area contributed by atoms with Gasteiger partial charge in [-0.15, -0.1) is 0 Å². The van der Waals surface area contributed by atoms with Crippen LogP contribution in [0.5, 0.6) is 23.0 Å². The maximum Gasteiger partial charge on any atom is 0.343 e. The minimum atomic E-state index is -0.908. The lowest BCUT2D eigenvalue weighted by atomic mass is 9.95. The minimum Gasteiger partial charge on any atom is -0.493 e. The number of esters is 2. The van der Waals surface area contributed by atoms with Gasteiger partial charge in [-0.1, -0.05) is 59.9 Å². The highest BCUT2D eigenvalue weighted by atomic mass is 127. The number of fused-ring (bicyclic) bond motifs is 2. The first kappa shape index (κ1) is 37.6. The van der Waals surface area contributed by atoms with Gasteiger partial charge in [-0.2, -0.15) is 0 Å². The normalized spacial score (nSPS) is 14.0. The van der Waals surface area contributed by atoms with E-state index < -0.39 is 18.0 Å². The molecule has 0 radical (unpaired) electrons. The molecule has 11 nitrogen and oxygen atoms in total. The van der Waals surface area contributed by atoms with Crippen molar-refractivity contribution in [2.75, 3.05) is 34.0 Å². The van der Waals surface area contributed by atoms with E-state index in [2.05, 4.69) is 40.8 Å². The molecule has 5 aromatic rings. The zero-order valence-corrected chi connectivity index (χ0v) is 32.7. The fourth-order valence-corrected chi connectivity index (χ4v) is 7.75. The molecule has 0 fully saturated rings. The summed E-state index contributed by atoms with van der Waals surface area (Å²) in [6.07, 6.45) is 1.77. The third-order valence-corrected chi connectivity index (χ3v) is 10.1. The smallest absolute Gasteiger partial charge is 0.343 e. The molecule has 1 aliphatic heterocycles. The summed E-state index contributed by atoms with van der Waals surface area (Å²) in [4.78, 5) is 45.0. The number of nitrogens with zero attached hydrogens (tertiary/aromatic N) is 2. The van der Waals surface area contributed by atoms with Gasteiger partial charge in [0.05, 0.1) is 49.3 Å². The predicted octanol–water partition coefficient (Wildman–Crippen LogP) is 6.09. The second-order valence-corrected chi connectivity index (χ2v) is 14.0. The van der Waals surface area contributed by atoms with Gasteiger partial charge in [-0.05, 0) is 95.6 Å². The van der Waals surface area contributed by atoms with E-state index in [1.807, 2.05) is 43.3 Å². The molecule has 13 heteroatoms. The molecule has 2 heterocycles. The highest BCUT2D eigenvalue weighted by Gasteiger charge is 2.34. The van der Waals surface area contributed by atoms with Crippen molar-refractivity contribution >= 4 is 62.7 Å². The average Bonchev–Trinajstić information content (AvgIpc) is 3.46. The Hall–Kier alpha value is -5.15. The number of carbonyl (C=O) groups excluding carboxylic acids is 2. The van der Waals surface area contributed by atoms with Crippen molar-refractivity contribution in [3.8, 4) is 23.0 Å². The molecule has 1 aliphatic rings. The molecule has 0 aliphatic carbocycles. The Morgan fingerprint density at radius 2 is 1.72 bits per heavy atom. The molecule has 0 spiro atoms. The second-order valence-electron chi connectivity index (χ2n) is 11.8. The van der Waals surface area contributed by atoms with Gasteiger partial charge in [0.25, 0.3) is 5.56 Å². The number of aromatic nitrogens is 1. The summed E-state index contributed by atoms with van der Waals surface area (Å²) in [7, 11) is 2.85. The van der Waals surface area contributed by atoms with Gasteiger partial charge in [0.15, 0.2) is 34.4 Å². The number of hydrogen-bond donors (Lipinski definition) is 0. The van der Waals surface area contributed by atoms with Crippen molar-refractivity contribution in [3.63, 3.8) is 0 Å². The SMILES string of the molecule is CCOC(=O)C1=C(C)N=c2s/c(=C/c3cc(I)cc(OC)c3OCc3cccc4ccccc34)c(=O)n2[C@@H]1c1ccc(OCC(=O)OC)c(OCC)c1. The van der Waals surface area contributed by atoms with Crippen molar-refractivity contribution in [2.45, 2.75) is 33.4 Å². The molecule has 4 aromatic carbocycles. The first-order valence-electron chi connectivity index (χ1n) is 16.8. The van der Waals surface area contributed by atoms with Crippen LogP contribution >= 0.6 is 33.9 Å². The standard InChI is InChI=1S/C40H37IN2O9S/c1-6-49-31-18-25(15-16-30(31)51-22-34(44)48-5)36-35(39(46)50-7-2)23(3)42-40-43(36)38(45)33(53-40)19-27-17-28(41)20-32(47-4)37(27)52-21-26-13-10-12-24-11-8-9-14-29(24)26/h8-20,36H,6-7,21-22H2,1-5H3/b33-19+/t36-/m1/s1. The van der Waals surface area contributed by atoms with Crippen LogP contribution in [0.4, 0.5) is 0 Å². The Morgan fingerprint density at radius 3 is 2.47 bits per heavy atom. The molecular weight excluding hydrogens is 811 g/mol. The van der Waals surface area contributed by atoms with E-state index in [1.54, 1.807) is 45.2 Å². The van der Waals surface area contributed by atoms with Crippen molar-refractivity contribution in [1.82, 2.24) is 4.57 Å². The van der Waals surface area contributed by atoms with E-state index in [0.29, 0.717) is 55.8 Å². The van der Waals surface area contributed by atoms with Gasteiger partial charge in [0.1, 0.15) is 6.61 Å². The third-order valence-electron chi connectivity index (χ3n) is 8.48. The van der Waals surface area contributed by atoms with Crippen molar-refractivity contribution in [2.24, 2.45) is 4.99 Å². The average molecular weight is 849 g/mol. The number of rotatable bonds is 13. The van der Waals surface area contributed by atoms with Gasteiger partial charge in [-0.3, -0.25) is 9.36 Å². The Balaban J connectivity index is 1.48. The van der Waals surface area contributed by atoms with E-state index in [4.69, 9.17) is 33.4 Å². The van der Waals surface area contributed by atoms with E-state index in [0.717, 1.165) is 19.9 Å². The first-order valence-corrected chi connectivity index (χ1v) is 18.7. The Labute approximate surface area is 323 Å². The first-order chi connectivity index (χ1) is 25.7. The van der Waals surface area contributed by atoms with E-state index in [9.17, 15) is 14.4 Å². The Morgan fingerprint density at radius 1 is 0.925 bits per heavy atom. The highest BCUT2D eigenvalue weighted by Crippen LogP contribution is 2.38. The fraction of sp³-hybridized carbons (Fsp3) is 0.250. The molecule has 0 saturated carbocycles. The number of ether oxygens (including phenoxy) is 6. The summed E-state index contributed by atoms with van der Waals surface area (Å²) < 4.78 is 36.7. The summed E-state index contributed by atoms with van der Waals surface area (Å²) in [6.45, 7) is 5.62. The largest absolute Gasteiger partial charge is 0.493 e. The lowest BCUT2D eigenvalue weighted by molar-refractivity contribution is -0.143. The number of allylic oxidation sites excluding steroid dienone is 1. The van der Waals surface area contributed by atoms with Crippen LogP contribution in [0.3, 0.4) is 0 Å². The molecule has 53 heavy (non-hydrogen) atoms. The van der Waals surface area contributed by atoms with Gasteiger partial charge in [-0.25, -0.2) is 14.6 Å². The maximum absolute atomic E-state index is 14.5. The summed E-state index contributed by atoms with van der Waals surface area (Å²) in [6, 6.07) is 22.1. The van der Waals surface area contributed by atoms with Gasteiger partial charge < -0.3 is 28.4 Å². The molecular formula is C40H37IN2O9S. The number of hydrogen-bond acceptors (Lipinski definition) is 11. The van der Waals surface area contributed by atoms with Crippen LogP contribution in [0.15, 0.2) is 93.9 Å². The number of halogens is 1. The lowest BCUT2D eigenvalue weighted by Crippen LogP contribution is -2.40. The summed E-state index contributed by atoms with van der Waals surface area (Å²) in [5.41, 5.74) is 2.47. The monoisotopic (exact) mass is 848 g/mol. The van der Waals surface area contributed by atoms with E-state index in [-0.39, 0.29) is 31.0 Å².